The van der Waals surface area contributed by atoms with Crippen LogP contribution in [0.1, 0.15) is 0 Å². The van der Waals surface area contributed by atoms with E-state index in [0.29, 0.717) is 18.7 Å². The molecule has 1 aliphatic rings. The summed E-state index contributed by atoms with van der Waals surface area (Å²) in [5, 5.41) is 3.14. The van der Waals surface area contributed by atoms with Crippen molar-refractivity contribution in [3.05, 3.63) is 47.7 Å². The standard InChI is InChI=1S/C12H16N2O2/c1-16-12(15)10-4-2-3-5-11(7-6-10)14-9-8-13/h2-7,14H,8-9,13H2,1H3/b3-2?,4-2?,5-3-,7-6?,10-4?,10-6?,11-5?,11-7+. The number of nitrogens with one attached hydrogen (secondary N) is 1. The first-order chi connectivity index (χ1) is 7.77. The summed E-state index contributed by atoms with van der Waals surface area (Å²) in [5.41, 5.74) is 6.82. The predicted octanol–water partition coefficient (Wildman–Crippen LogP) is 0.644. The van der Waals surface area contributed by atoms with E-state index in [1.54, 1.807) is 18.2 Å². The lowest BCUT2D eigenvalue weighted by Crippen LogP contribution is -2.21. The third-order valence-electron chi connectivity index (χ3n) is 2.00. The number of hydrogen-bond donors (Lipinski definition) is 2. The van der Waals surface area contributed by atoms with Gasteiger partial charge in [0.1, 0.15) is 0 Å². The fourth-order valence-corrected chi connectivity index (χ4v) is 1.20. The van der Waals surface area contributed by atoms with E-state index >= 15 is 0 Å². The number of ether oxygens (including phenoxy) is 1. The number of carbonyl (C=O) groups is 1. The SMILES string of the molecule is COC(=O)C1=C/C=C(NCCN)\C=C/C=C1. The summed E-state index contributed by atoms with van der Waals surface area (Å²) in [6, 6.07) is 0. The second-order valence-corrected chi connectivity index (χ2v) is 3.17. The second-order valence-electron chi connectivity index (χ2n) is 3.17. The first-order valence-electron chi connectivity index (χ1n) is 5.07. The molecule has 0 spiro atoms. The minimum Gasteiger partial charge on any atom is -0.465 e. The maximum Gasteiger partial charge on any atom is 0.337 e. The Hall–Kier alpha value is -1.81. The van der Waals surface area contributed by atoms with Crippen LogP contribution in [0.15, 0.2) is 47.7 Å². The highest BCUT2D eigenvalue weighted by Gasteiger charge is 2.04. The predicted molar refractivity (Wildman–Crippen MR) is 63.5 cm³/mol. The van der Waals surface area contributed by atoms with E-state index in [1.807, 2.05) is 18.2 Å². The molecule has 0 radical (unpaired) electrons. The van der Waals surface area contributed by atoms with Crippen molar-refractivity contribution in [3.63, 3.8) is 0 Å². The quantitative estimate of drug-likeness (QED) is 0.683. The van der Waals surface area contributed by atoms with Gasteiger partial charge in [0.2, 0.25) is 0 Å². The van der Waals surface area contributed by atoms with Crippen LogP contribution >= 0.6 is 0 Å². The minimum absolute atomic E-state index is 0.346. The molecule has 0 aromatic rings. The van der Waals surface area contributed by atoms with E-state index in [9.17, 15) is 4.79 Å². The van der Waals surface area contributed by atoms with Gasteiger partial charge in [-0.25, -0.2) is 4.79 Å². The van der Waals surface area contributed by atoms with Crippen LogP contribution < -0.4 is 11.1 Å². The Morgan fingerprint density at radius 1 is 1.38 bits per heavy atom. The van der Waals surface area contributed by atoms with Crippen molar-refractivity contribution in [1.82, 2.24) is 5.32 Å². The number of carbonyl (C=O) groups excluding carboxylic acids is 1. The smallest absolute Gasteiger partial charge is 0.337 e. The van der Waals surface area contributed by atoms with E-state index in [1.165, 1.54) is 7.11 Å². The van der Waals surface area contributed by atoms with Crippen LogP contribution in [-0.4, -0.2) is 26.2 Å². The molecule has 0 atom stereocenters. The largest absolute Gasteiger partial charge is 0.465 e. The van der Waals surface area contributed by atoms with Crippen LogP contribution in [0.4, 0.5) is 0 Å². The third kappa shape index (κ3) is 3.74. The lowest BCUT2D eigenvalue weighted by atomic mass is 10.1. The lowest BCUT2D eigenvalue weighted by Gasteiger charge is -2.06. The summed E-state index contributed by atoms with van der Waals surface area (Å²) in [4.78, 5) is 11.3. The van der Waals surface area contributed by atoms with Gasteiger partial charge in [0, 0.05) is 18.8 Å². The Morgan fingerprint density at radius 3 is 2.81 bits per heavy atom. The summed E-state index contributed by atoms with van der Waals surface area (Å²) in [6.07, 6.45) is 10.8. The van der Waals surface area contributed by atoms with Crippen molar-refractivity contribution in [2.24, 2.45) is 5.73 Å². The molecule has 3 N–H and O–H groups in total. The van der Waals surface area contributed by atoms with Gasteiger partial charge in [0.05, 0.1) is 12.7 Å². The zero-order valence-corrected chi connectivity index (χ0v) is 9.27. The molecule has 0 aromatic carbocycles. The van der Waals surface area contributed by atoms with Gasteiger partial charge in [-0.2, -0.15) is 0 Å². The number of esters is 1. The van der Waals surface area contributed by atoms with Crippen LogP contribution in [0, 0.1) is 0 Å². The molecule has 0 amide bonds. The molecule has 0 bridgehead atoms. The van der Waals surface area contributed by atoms with Gasteiger partial charge in [0.15, 0.2) is 0 Å². The summed E-state index contributed by atoms with van der Waals surface area (Å²) < 4.78 is 4.65. The lowest BCUT2D eigenvalue weighted by molar-refractivity contribution is -0.135. The van der Waals surface area contributed by atoms with Crippen LogP contribution in [0.5, 0.6) is 0 Å². The summed E-state index contributed by atoms with van der Waals surface area (Å²) in [7, 11) is 1.36. The summed E-state index contributed by atoms with van der Waals surface area (Å²) in [6.45, 7) is 1.26. The molecule has 0 heterocycles. The number of nitrogens with two attached hydrogens (primary N) is 1. The maximum absolute atomic E-state index is 11.3. The molecule has 0 aliphatic heterocycles. The van der Waals surface area contributed by atoms with Gasteiger partial charge >= 0.3 is 5.97 Å². The zero-order chi connectivity index (χ0) is 11.8. The molecule has 16 heavy (non-hydrogen) atoms. The third-order valence-corrected chi connectivity index (χ3v) is 2.00. The number of methoxy groups -OCH3 is 1. The Labute approximate surface area is 95.2 Å². The van der Waals surface area contributed by atoms with E-state index in [4.69, 9.17) is 5.73 Å². The molecule has 0 saturated heterocycles. The molecule has 4 heteroatoms. The van der Waals surface area contributed by atoms with Gasteiger partial charge < -0.3 is 15.8 Å². The Balaban J connectivity index is 2.78. The van der Waals surface area contributed by atoms with Crippen molar-refractivity contribution in [1.29, 1.82) is 0 Å². The first kappa shape index (κ1) is 12.3. The second kappa shape index (κ2) is 6.63. The van der Waals surface area contributed by atoms with Crippen molar-refractivity contribution < 1.29 is 9.53 Å². The van der Waals surface area contributed by atoms with Crippen molar-refractivity contribution >= 4 is 5.97 Å². The molecule has 0 fully saturated rings. The van der Waals surface area contributed by atoms with Gasteiger partial charge in [0.25, 0.3) is 0 Å². The van der Waals surface area contributed by atoms with Crippen LogP contribution in [0.3, 0.4) is 0 Å². The molecule has 1 aliphatic carbocycles. The molecular formula is C12H16N2O2. The fourth-order valence-electron chi connectivity index (χ4n) is 1.20. The van der Waals surface area contributed by atoms with Gasteiger partial charge in [-0.05, 0) is 24.3 Å². The molecule has 0 unspecified atom stereocenters. The highest BCUT2D eigenvalue weighted by atomic mass is 16.5. The minimum atomic E-state index is -0.346. The number of hydrogen-bond acceptors (Lipinski definition) is 4. The first-order valence-corrected chi connectivity index (χ1v) is 5.07. The average molecular weight is 220 g/mol. The van der Waals surface area contributed by atoms with Crippen molar-refractivity contribution in [3.8, 4) is 0 Å². The maximum atomic E-state index is 11.3. The van der Waals surface area contributed by atoms with Gasteiger partial charge in [-0.3, -0.25) is 0 Å². The molecule has 0 aromatic heterocycles. The summed E-state index contributed by atoms with van der Waals surface area (Å²) in [5.74, 6) is -0.346. The Morgan fingerprint density at radius 2 is 2.12 bits per heavy atom. The van der Waals surface area contributed by atoms with E-state index in [0.717, 1.165) is 5.70 Å². The molecule has 1 rings (SSSR count). The van der Waals surface area contributed by atoms with E-state index in [-0.39, 0.29) is 5.97 Å². The fraction of sp³-hybridized carbons (Fsp3) is 0.250. The highest BCUT2D eigenvalue weighted by Crippen LogP contribution is 2.06. The average Bonchev–Trinajstić information content (AvgIpc) is 2.27. The summed E-state index contributed by atoms with van der Waals surface area (Å²) >= 11 is 0. The van der Waals surface area contributed by atoms with E-state index < -0.39 is 0 Å². The molecular weight excluding hydrogens is 204 g/mol. The van der Waals surface area contributed by atoms with Crippen LogP contribution in [0.25, 0.3) is 0 Å². The van der Waals surface area contributed by atoms with Crippen LogP contribution in [-0.2, 0) is 9.53 Å². The monoisotopic (exact) mass is 220 g/mol. The van der Waals surface area contributed by atoms with Gasteiger partial charge in [-0.15, -0.1) is 0 Å². The van der Waals surface area contributed by atoms with Gasteiger partial charge in [-0.1, -0.05) is 12.2 Å². The normalized spacial score (nSPS) is 19.9. The Kier molecular flexibility index (Phi) is 5.08. The molecule has 0 saturated carbocycles. The molecule has 86 valence electrons. The van der Waals surface area contributed by atoms with Crippen molar-refractivity contribution in [2.45, 2.75) is 0 Å². The van der Waals surface area contributed by atoms with Crippen LogP contribution in [0.2, 0.25) is 0 Å². The zero-order valence-electron chi connectivity index (χ0n) is 9.27. The number of allylic oxidation sites excluding steroid dienone is 5. The Bertz CT molecular complexity index is 365. The highest BCUT2D eigenvalue weighted by molar-refractivity contribution is 5.92. The van der Waals surface area contributed by atoms with Crippen molar-refractivity contribution in [2.75, 3.05) is 20.2 Å². The number of rotatable bonds is 4. The van der Waals surface area contributed by atoms with E-state index in [2.05, 4.69) is 10.1 Å². The topological polar surface area (TPSA) is 64.3 Å². The molecule has 4 nitrogen and oxygen atoms in total.